The van der Waals surface area contributed by atoms with Gasteiger partial charge in [-0.05, 0) is 35.6 Å². The number of hydrogen-bond acceptors (Lipinski definition) is 3. The number of rotatable bonds is 3. The lowest BCUT2D eigenvalue weighted by Gasteiger charge is -2.12. The van der Waals surface area contributed by atoms with Crippen molar-refractivity contribution >= 4 is 19.7 Å². The van der Waals surface area contributed by atoms with Gasteiger partial charge in [0.15, 0.2) is 0 Å². The molecule has 3 nitrogen and oxygen atoms in total. The average Bonchev–Trinajstić information content (AvgIpc) is 2.07. The number of halogens is 1. The van der Waals surface area contributed by atoms with E-state index in [0.29, 0.717) is 5.56 Å². The van der Waals surface area contributed by atoms with Gasteiger partial charge < -0.3 is 5.11 Å². The Morgan fingerprint density at radius 2 is 1.94 bits per heavy atom. The highest BCUT2D eigenvalue weighted by Gasteiger charge is 2.14. The number of hydrogen-bond donors (Lipinski definition) is 1. The third-order valence-corrected chi connectivity index (χ3v) is 3.42. The Balaban J connectivity index is 3.25. The molecule has 1 N–H and O–H groups in total. The smallest absolute Gasteiger partial charge is 0.236 e. The molecule has 5 heteroatoms. The van der Waals surface area contributed by atoms with E-state index in [0.717, 1.165) is 11.1 Å². The molecular weight excluding hydrogens is 248 g/mol. The number of phenols is 1. The van der Waals surface area contributed by atoms with E-state index in [4.69, 9.17) is 10.7 Å². The Hall–Kier alpha value is -0.740. The van der Waals surface area contributed by atoms with Crippen molar-refractivity contribution in [3.05, 3.63) is 28.8 Å². The van der Waals surface area contributed by atoms with E-state index >= 15 is 0 Å². The zero-order chi connectivity index (χ0) is 12.5. The summed E-state index contributed by atoms with van der Waals surface area (Å²) in [4.78, 5) is 0. The second kappa shape index (κ2) is 4.63. The summed E-state index contributed by atoms with van der Waals surface area (Å²) in [5, 5.41) is 9.70. The first-order chi connectivity index (χ1) is 7.20. The largest absolute Gasteiger partial charge is 0.508 e. The molecule has 0 saturated carbocycles. The molecule has 0 saturated heterocycles. The van der Waals surface area contributed by atoms with E-state index < -0.39 is 9.05 Å². The zero-order valence-electron chi connectivity index (χ0n) is 9.49. The van der Waals surface area contributed by atoms with Crippen LogP contribution in [0.4, 0.5) is 0 Å². The predicted octanol–water partition coefficient (Wildman–Crippen LogP) is 2.89. The highest BCUT2D eigenvalue weighted by molar-refractivity contribution is 8.13. The molecule has 0 spiro atoms. The van der Waals surface area contributed by atoms with Crippen LogP contribution in [0.2, 0.25) is 0 Å². The lowest BCUT2D eigenvalue weighted by Crippen LogP contribution is -2.00. The molecule has 0 aliphatic carbocycles. The molecule has 0 aromatic heterocycles. The lowest BCUT2D eigenvalue weighted by molar-refractivity contribution is 0.464. The molecule has 0 unspecified atom stereocenters. The minimum absolute atomic E-state index is 0.136. The minimum atomic E-state index is -3.56. The van der Waals surface area contributed by atoms with Gasteiger partial charge in [0.1, 0.15) is 5.75 Å². The van der Waals surface area contributed by atoms with Crippen molar-refractivity contribution in [3.8, 4) is 5.75 Å². The highest BCUT2D eigenvalue weighted by atomic mass is 35.7. The Labute approximate surface area is 100 Å². The molecule has 0 atom stereocenters. The zero-order valence-corrected chi connectivity index (χ0v) is 11.1. The van der Waals surface area contributed by atoms with E-state index in [1.807, 2.05) is 13.8 Å². The summed E-state index contributed by atoms with van der Waals surface area (Å²) in [6.45, 7) is 5.62. The summed E-state index contributed by atoms with van der Waals surface area (Å²) in [6, 6.07) is 3.28. The van der Waals surface area contributed by atoms with E-state index in [1.54, 1.807) is 19.1 Å². The molecule has 1 aromatic rings. The molecular formula is C11H15ClO3S. The molecule has 0 aliphatic heterocycles. The SMILES string of the molecule is Cc1cc(O)c(C(C)C)cc1CS(=O)(=O)Cl. The topological polar surface area (TPSA) is 54.4 Å². The Bertz CT molecular complexity index is 492. The van der Waals surface area contributed by atoms with Crippen molar-refractivity contribution in [1.29, 1.82) is 0 Å². The van der Waals surface area contributed by atoms with Gasteiger partial charge in [0, 0.05) is 10.7 Å². The number of phenolic OH excluding ortho intramolecular Hbond substituents is 1. The minimum Gasteiger partial charge on any atom is -0.508 e. The number of aromatic hydroxyl groups is 1. The van der Waals surface area contributed by atoms with Crippen molar-refractivity contribution < 1.29 is 13.5 Å². The van der Waals surface area contributed by atoms with Crippen LogP contribution in [0.1, 0.15) is 36.5 Å². The van der Waals surface area contributed by atoms with Crippen LogP contribution in [0.3, 0.4) is 0 Å². The van der Waals surface area contributed by atoms with Crippen LogP contribution in [0.25, 0.3) is 0 Å². The summed E-state index contributed by atoms with van der Waals surface area (Å²) < 4.78 is 22.0. The quantitative estimate of drug-likeness (QED) is 0.852. The molecule has 16 heavy (non-hydrogen) atoms. The third-order valence-electron chi connectivity index (χ3n) is 2.44. The normalized spacial score (nSPS) is 12.1. The van der Waals surface area contributed by atoms with Crippen LogP contribution in [0.15, 0.2) is 12.1 Å². The third kappa shape index (κ3) is 3.39. The first-order valence-electron chi connectivity index (χ1n) is 4.95. The molecule has 0 aliphatic rings. The van der Waals surface area contributed by atoms with E-state index in [1.165, 1.54) is 0 Å². The molecule has 1 rings (SSSR count). The second-order valence-electron chi connectivity index (χ2n) is 4.18. The van der Waals surface area contributed by atoms with Crippen LogP contribution in [-0.4, -0.2) is 13.5 Å². The van der Waals surface area contributed by atoms with Crippen LogP contribution in [0, 0.1) is 6.92 Å². The second-order valence-corrected chi connectivity index (χ2v) is 6.95. The fourth-order valence-electron chi connectivity index (χ4n) is 1.56. The average molecular weight is 263 g/mol. The molecule has 0 amide bonds. The maximum Gasteiger partial charge on any atom is 0.236 e. The van der Waals surface area contributed by atoms with Gasteiger partial charge in [-0.1, -0.05) is 19.9 Å². The van der Waals surface area contributed by atoms with Gasteiger partial charge in [0.2, 0.25) is 9.05 Å². The maximum absolute atomic E-state index is 11.0. The van der Waals surface area contributed by atoms with Crippen LogP contribution in [0.5, 0.6) is 5.75 Å². The van der Waals surface area contributed by atoms with Crippen molar-refractivity contribution in [2.24, 2.45) is 0 Å². The van der Waals surface area contributed by atoms with Gasteiger partial charge in [-0.15, -0.1) is 0 Å². The van der Waals surface area contributed by atoms with E-state index in [9.17, 15) is 13.5 Å². The highest BCUT2D eigenvalue weighted by Crippen LogP contribution is 2.29. The van der Waals surface area contributed by atoms with Crippen LogP contribution < -0.4 is 0 Å². The van der Waals surface area contributed by atoms with Gasteiger partial charge in [-0.25, -0.2) is 8.42 Å². The van der Waals surface area contributed by atoms with Crippen molar-refractivity contribution in [3.63, 3.8) is 0 Å². The summed E-state index contributed by atoms with van der Waals surface area (Å²) in [5.41, 5.74) is 2.10. The fraction of sp³-hybridized carbons (Fsp3) is 0.455. The van der Waals surface area contributed by atoms with E-state index in [2.05, 4.69) is 0 Å². The Kier molecular flexibility index (Phi) is 3.86. The standard InChI is InChI=1S/C11H15ClO3S/c1-7(2)10-5-9(6-16(12,14)15)8(3)4-11(10)13/h4-5,7,13H,6H2,1-3H3. The maximum atomic E-state index is 11.0. The molecule has 90 valence electrons. The van der Waals surface area contributed by atoms with E-state index in [-0.39, 0.29) is 17.4 Å². The fourth-order valence-corrected chi connectivity index (χ4v) is 2.60. The van der Waals surface area contributed by atoms with Crippen molar-refractivity contribution in [2.45, 2.75) is 32.4 Å². The monoisotopic (exact) mass is 262 g/mol. The van der Waals surface area contributed by atoms with Crippen molar-refractivity contribution in [2.75, 3.05) is 0 Å². The summed E-state index contributed by atoms with van der Waals surface area (Å²) >= 11 is 0. The van der Waals surface area contributed by atoms with Crippen LogP contribution >= 0.6 is 10.7 Å². The summed E-state index contributed by atoms with van der Waals surface area (Å²) in [6.07, 6.45) is 0. The molecule has 0 bridgehead atoms. The molecule has 0 fully saturated rings. The Morgan fingerprint density at radius 3 is 2.38 bits per heavy atom. The molecule has 1 aromatic carbocycles. The van der Waals surface area contributed by atoms with Gasteiger partial charge in [-0.3, -0.25) is 0 Å². The van der Waals surface area contributed by atoms with Gasteiger partial charge in [0.25, 0.3) is 0 Å². The molecule has 0 radical (unpaired) electrons. The van der Waals surface area contributed by atoms with Gasteiger partial charge in [-0.2, -0.15) is 0 Å². The number of aryl methyl sites for hydroxylation is 1. The number of benzene rings is 1. The summed E-state index contributed by atoms with van der Waals surface area (Å²) in [5.74, 6) is 0.126. The lowest BCUT2D eigenvalue weighted by atomic mass is 9.97. The Morgan fingerprint density at radius 1 is 1.38 bits per heavy atom. The first kappa shape index (κ1) is 13.3. The van der Waals surface area contributed by atoms with Crippen molar-refractivity contribution in [1.82, 2.24) is 0 Å². The predicted molar refractivity (Wildman–Crippen MR) is 65.4 cm³/mol. The summed E-state index contributed by atoms with van der Waals surface area (Å²) in [7, 11) is 1.66. The van der Waals surface area contributed by atoms with Gasteiger partial charge >= 0.3 is 0 Å². The van der Waals surface area contributed by atoms with Crippen LogP contribution in [-0.2, 0) is 14.8 Å². The molecule has 0 heterocycles. The first-order valence-corrected chi connectivity index (χ1v) is 7.43. The van der Waals surface area contributed by atoms with Gasteiger partial charge in [0.05, 0.1) is 5.75 Å².